The second-order valence-electron chi connectivity index (χ2n) is 7.70. The number of benzene rings is 1. The predicted octanol–water partition coefficient (Wildman–Crippen LogP) is 3.37. The molecule has 0 aliphatic carbocycles. The van der Waals surface area contributed by atoms with Gasteiger partial charge >= 0.3 is 0 Å². The average molecular weight is 414 g/mol. The molecule has 156 valence electrons. The van der Waals surface area contributed by atoms with Gasteiger partial charge in [0.05, 0.1) is 11.6 Å². The number of fused-ring (bicyclic) bond motifs is 1. The van der Waals surface area contributed by atoms with Gasteiger partial charge in [0.25, 0.3) is 0 Å². The van der Waals surface area contributed by atoms with Crippen LogP contribution in [0.3, 0.4) is 0 Å². The van der Waals surface area contributed by atoms with E-state index in [1.807, 2.05) is 42.3 Å². The Bertz CT molecular complexity index is 1270. The molecule has 5 rings (SSSR count). The molecule has 1 aliphatic rings. The van der Waals surface area contributed by atoms with E-state index in [2.05, 4.69) is 26.3 Å². The molecular formula is C23H22N6O2. The Hall–Kier alpha value is -3.94. The van der Waals surface area contributed by atoms with Gasteiger partial charge in [0.2, 0.25) is 5.91 Å². The first-order chi connectivity index (χ1) is 15.1. The van der Waals surface area contributed by atoms with Gasteiger partial charge in [-0.1, -0.05) is 36.0 Å². The van der Waals surface area contributed by atoms with Crippen LogP contribution in [-0.2, 0) is 11.8 Å². The number of aromatic nitrogens is 4. The number of carbonyl (C=O) groups excluding carboxylic acids is 1. The van der Waals surface area contributed by atoms with Gasteiger partial charge in [0.1, 0.15) is 17.8 Å². The number of likely N-dealkylation sites (tertiary alicyclic amines) is 1. The predicted molar refractivity (Wildman–Crippen MR) is 118 cm³/mol. The smallest absolute Gasteiger partial charge is 0.245 e. The molecule has 1 unspecified atom stereocenters. The summed E-state index contributed by atoms with van der Waals surface area (Å²) >= 11 is 0. The van der Waals surface area contributed by atoms with Crippen molar-refractivity contribution in [1.29, 1.82) is 0 Å². The van der Waals surface area contributed by atoms with Crippen LogP contribution in [0.15, 0.2) is 60.0 Å². The molecule has 1 fully saturated rings. The minimum absolute atomic E-state index is 0.0430. The van der Waals surface area contributed by atoms with Crippen molar-refractivity contribution in [3.8, 4) is 22.5 Å². The molecule has 0 saturated carbocycles. The van der Waals surface area contributed by atoms with Crippen molar-refractivity contribution in [1.82, 2.24) is 24.6 Å². The number of nitrogens with two attached hydrogens (primary N) is 1. The Morgan fingerprint density at radius 3 is 2.71 bits per heavy atom. The van der Waals surface area contributed by atoms with Gasteiger partial charge in [-0.25, -0.2) is 9.97 Å². The van der Waals surface area contributed by atoms with Crippen LogP contribution in [0, 0.1) is 0 Å². The number of anilines is 1. The SMILES string of the molecule is C=CC(=O)N1CCC(c2c(-c3ccc(-c4ccno4)cc3)c3c(N)ncnc3n2C)C1. The molecule has 1 atom stereocenters. The van der Waals surface area contributed by atoms with Crippen LogP contribution >= 0.6 is 0 Å². The molecular weight excluding hydrogens is 392 g/mol. The van der Waals surface area contributed by atoms with Crippen LogP contribution in [0.1, 0.15) is 18.0 Å². The van der Waals surface area contributed by atoms with Gasteiger partial charge in [-0.3, -0.25) is 4.79 Å². The normalized spacial score (nSPS) is 16.2. The Kier molecular flexibility index (Phi) is 4.54. The fraction of sp³-hybridized carbons (Fsp3) is 0.217. The van der Waals surface area contributed by atoms with E-state index < -0.39 is 0 Å². The van der Waals surface area contributed by atoms with Gasteiger partial charge in [-0.15, -0.1) is 0 Å². The third-order valence-electron chi connectivity index (χ3n) is 6.00. The first kappa shape index (κ1) is 19.0. The van der Waals surface area contributed by atoms with Crippen LogP contribution in [0.4, 0.5) is 5.82 Å². The summed E-state index contributed by atoms with van der Waals surface area (Å²) in [5.41, 5.74) is 11.2. The summed E-state index contributed by atoms with van der Waals surface area (Å²) in [6.07, 6.45) is 5.34. The zero-order valence-corrected chi connectivity index (χ0v) is 17.2. The Balaban J connectivity index is 1.66. The number of nitrogens with zero attached hydrogens (tertiary/aromatic N) is 5. The minimum Gasteiger partial charge on any atom is -0.383 e. The van der Waals surface area contributed by atoms with E-state index in [1.165, 1.54) is 12.4 Å². The highest BCUT2D eigenvalue weighted by Gasteiger charge is 2.32. The van der Waals surface area contributed by atoms with Gasteiger partial charge in [0, 0.05) is 48.9 Å². The number of aryl methyl sites for hydroxylation is 1. The van der Waals surface area contributed by atoms with Crippen LogP contribution in [0.5, 0.6) is 0 Å². The fourth-order valence-corrected chi connectivity index (χ4v) is 4.54. The number of hydrogen-bond acceptors (Lipinski definition) is 6. The maximum absolute atomic E-state index is 12.2. The summed E-state index contributed by atoms with van der Waals surface area (Å²) in [6.45, 7) is 4.94. The van der Waals surface area contributed by atoms with Crippen LogP contribution in [0.25, 0.3) is 33.5 Å². The van der Waals surface area contributed by atoms with Gasteiger partial charge in [-0.2, -0.15) is 0 Å². The van der Waals surface area contributed by atoms with E-state index in [0.717, 1.165) is 39.8 Å². The molecule has 3 aromatic heterocycles. The highest BCUT2D eigenvalue weighted by atomic mass is 16.5. The second-order valence-corrected chi connectivity index (χ2v) is 7.70. The lowest BCUT2D eigenvalue weighted by molar-refractivity contribution is -0.125. The molecule has 1 aliphatic heterocycles. The highest BCUT2D eigenvalue weighted by molar-refractivity contribution is 6.02. The topological polar surface area (TPSA) is 103 Å². The standard InChI is InChI=1S/C23H22N6O2/c1-3-18(30)29-11-9-16(12-29)21-19(20-22(24)25-13-26-23(20)28(21)2)15-6-4-14(5-7-15)17-8-10-27-31-17/h3-8,10,13,16H,1,9,11-12H2,2H3,(H2,24,25,26). The number of nitrogen functional groups attached to an aromatic ring is 1. The summed E-state index contributed by atoms with van der Waals surface area (Å²) in [5, 5.41) is 4.61. The molecule has 1 saturated heterocycles. The maximum Gasteiger partial charge on any atom is 0.245 e. The van der Waals surface area contributed by atoms with Crippen LogP contribution < -0.4 is 5.73 Å². The van der Waals surface area contributed by atoms with E-state index >= 15 is 0 Å². The molecule has 0 spiro atoms. The lowest BCUT2D eigenvalue weighted by atomic mass is 9.94. The summed E-state index contributed by atoms with van der Waals surface area (Å²) in [7, 11) is 1.99. The Morgan fingerprint density at radius 1 is 1.23 bits per heavy atom. The third kappa shape index (κ3) is 3.07. The van der Waals surface area contributed by atoms with E-state index in [1.54, 1.807) is 6.20 Å². The summed E-state index contributed by atoms with van der Waals surface area (Å²) in [4.78, 5) is 22.7. The molecule has 8 heteroatoms. The summed E-state index contributed by atoms with van der Waals surface area (Å²) in [5.74, 6) is 1.27. The van der Waals surface area contributed by atoms with Crippen molar-refractivity contribution in [2.45, 2.75) is 12.3 Å². The van der Waals surface area contributed by atoms with Crippen molar-refractivity contribution in [3.05, 3.63) is 61.2 Å². The lowest BCUT2D eigenvalue weighted by Crippen LogP contribution is -2.26. The molecule has 0 bridgehead atoms. The molecule has 4 aromatic rings. The zero-order chi connectivity index (χ0) is 21.5. The van der Waals surface area contributed by atoms with E-state index in [4.69, 9.17) is 10.3 Å². The van der Waals surface area contributed by atoms with Gasteiger partial charge in [-0.05, 0) is 18.1 Å². The van der Waals surface area contributed by atoms with Crippen molar-refractivity contribution >= 4 is 22.8 Å². The minimum atomic E-state index is -0.0430. The molecule has 1 aromatic carbocycles. The average Bonchev–Trinajstić information content (AvgIpc) is 3.54. The van der Waals surface area contributed by atoms with Crippen LogP contribution in [0.2, 0.25) is 0 Å². The quantitative estimate of drug-likeness (QED) is 0.514. The van der Waals surface area contributed by atoms with Gasteiger partial charge < -0.3 is 19.7 Å². The largest absolute Gasteiger partial charge is 0.383 e. The Morgan fingerprint density at radius 2 is 2.00 bits per heavy atom. The number of carbonyl (C=O) groups is 1. The molecule has 1 amide bonds. The molecule has 4 heterocycles. The first-order valence-corrected chi connectivity index (χ1v) is 10.1. The van der Waals surface area contributed by atoms with Crippen molar-refractivity contribution < 1.29 is 9.32 Å². The summed E-state index contributed by atoms with van der Waals surface area (Å²) in [6, 6.07) is 9.92. The third-order valence-corrected chi connectivity index (χ3v) is 6.00. The Labute approximate surface area is 179 Å². The lowest BCUT2D eigenvalue weighted by Gasteiger charge is -2.17. The van der Waals surface area contributed by atoms with Crippen molar-refractivity contribution in [2.24, 2.45) is 7.05 Å². The molecule has 0 radical (unpaired) electrons. The van der Waals surface area contributed by atoms with Gasteiger partial charge in [0.15, 0.2) is 5.76 Å². The second kappa shape index (κ2) is 7.39. The van der Waals surface area contributed by atoms with Crippen LogP contribution in [-0.4, -0.2) is 43.6 Å². The molecule has 31 heavy (non-hydrogen) atoms. The molecule has 8 nitrogen and oxygen atoms in total. The van der Waals surface area contributed by atoms with Crippen molar-refractivity contribution in [3.63, 3.8) is 0 Å². The first-order valence-electron chi connectivity index (χ1n) is 10.1. The summed E-state index contributed by atoms with van der Waals surface area (Å²) < 4.78 is 7.35. The van der Waals surface area contributed by atoms with Crippen molar-refractivity contribution in [2.75, 3.05) is 18.8 Å². The maximum atomic E-state index is 12.2. The number of hydrogen-bond donors (Lipinski definition) is 1. The van der Waals surface area contributed by atoms with E-state index in [9.17, 15) is 4.79 Å². The number of rotatable bonds is 4. The van der Waals surface area contributed by atoms with E-state index in [-0.39, 0.29) is 11.8 Å². The molecule has 2 N–H and O–H groups in total. The zero-order valence-electron chi connectivity index (χ0n) is 17.2. The monoisotopic (exact) mass is 414 g/mol. The number of amides is 1. The highest BCUT2D eigenvalue weighted by Crippen LogP contribution is 2.42. The van der Waals surface area contributed by atoms with E-state index in [0.29, 0.717) is 24.7 Å². The fourth-order valence-electron chi connectivity index (χ4n) is 4.54.